The van der Waals surface area contributed by atoms with E-state index < -0.39 is 18.7 Å². The third-order valence-corrected chi connectivity index (χ3v) is 3.71. The van der Waals surface area contributed by atoms with Crippen LogP contribution in [0.15, 0.2) is 79.9 Å². The fourth-order valence-electron chi connectivity index (χ4n) is 2.09. The van der Waals surface area contributed by atoms with Gasteiger partial charge in [-0.05, 0) is 54.1 Å². The van der Waals surface area contributed by atoms with E-state index >= 15 is 0 Å². The first-order valence-corrected chi connectivity index (χ1v) is 9.14. The molecule has 156 valence electrons. The maximum atomic E-state index is 11.5. The first kappa shape index (κ1) is 22.9. The molecule has 0 N–H and O–H groups in total. The van der Waals surface area contributed by atoms with Crippen LogP contribution in [0.3, 0.4) is 0 Å². The molecule has 0 heterocycles. The van der Waals surface area contributed by atoms with Gasteiger partial charge in [-0.15, -0.1) is 0 Å². The molecular weight excluding hydrogens is 396 g/mol. The molecule has 0 bridgehead atoms. The van der Waals surface area contributed by atoms with E-state index in [-0.39, 0.29) is 12.4 Å². The van der Waals surface area contributed by atoms with Gasteiger partial charge in [-0.25, -0.2) is 9.59 Å². The highest BCUT2D eigenvalue weighted by Gasteiger charge is 2.00. The number of benzene rings is 2. The summed E-state index contributed by atoms with van der Waals surface area (Å²) in [7, 11) is 0. The maximum absolute atomic E-state index is 11.5. The Hall–Kier alpha value is -4.37. The number of carbonyl (C=O) groups excluding carboxylic acids is 3. The molecule has 0 aliphatic heterocycles. The van der Waals surface area contributed by atoms with Crippen molar-refractivity contribution in [1.82, 2.24) is 0 Å². The van der Waals surface area contributed by atoms with Crippen LogP contribution in [0, 0.1) is 11.8 Å². The van der Waals surface area contributed by atoms with Crippen LogP contribution in [0.4, 0.5) is 0 Å². The van der Waals surface area contributed by atoms with Crippen LogP contribution in [-0.4, -0.2) is 31.1 Å². The van der Waals surface area contributed by atoms with Crippen molar-refractivity contribution in [2.75, 3.05) is 13.4 Å². The largest absolute Gasteiger partial charge is 0.485 e. The predicted octanol–water partition coefficient (Wildman–Crippen LogP) is 3.46. The zero-order valence-electron chi connectivity index (χ0n) is 16.7. The summed E-state index contributed by atoms with van der Waals surface area (Å²) in [4.78, 5) is 33.6. The van der Waals surface area contributed by atoms with Gasteiger partial charge in [0, 0.05) is 23.3 Å². The van der Waals surface area contributed by atoms with E-state index in [2.05, 4.69) is 29.7 Å². The topological polar surface area (TPSA) is 78.9 Å². The standard InChI is InChI=1S/C25H20O6/c1-3-22(26)17-29-23-14-11-21(12-15-23)10-7-19-5-8-20(9-6-19)13-16-25(28)31-18-30-24(27)4-2/h3-6,8-9,11-16H,1-2,17-18H2/b16-13+. The Balaban J connectivity index is 1.87. The third kappa shape index (κ3) is 8.67. The van der Waals surface area contributed by atoms with E-state index in [9.17, 15) is 14.4 Å². The van der Waals surface area contributed by atoms with Crippen molar-refractivity contribution < 1.29 is 28.6 Å². The molecule has 2 aromatic rings. The molecule has 6 heteroatoms. The molecule has 0 saturated carbocycles. The molecule has 0 amide bonds. The van der Waals surface area contributed by atoms with Crippen molar-refractivity contribution in [3.05, 3.63) is 96.6 Å². The highest BCUT2D eigenvalue weighted by Crippen LogP contribution is 2.12. The van der Waals surface area contributed by atoms with Gasteiger partial charge < -0.3 is 14.2 Å². The summed E-state index contributed by atoms with van der Waals surface area (Å²) in [5.74, 6) is 5.17. The number of hydrogen-bond donors (Lipinski definition) is 0. The lowest BCUT2D eigenvalue weighted by molar-refractivity contribution is -0.160. The first-order valence-electron chi connectivity index (χ1n) is 9.14. The van der Waals surface area contributed by atoms with Crippen molar-refractivity contribution in [1.29, 1.82) is 0 Å². The summed E-state index contributed by atoms with van der Waals surface area (Å²) in [6, 6.07) is 14.3. The highest BCUT2D eigenvalue weighted by molar-refractivity contribution is 5.90. The van der Waals surface area contributed by atoms with E-state index in [0.717, 1.165) is 22.8 Å². The Bertz CT molecular complexity index is 1030. The monoisotopic (exact) mass is 416 g/mol. The molecule has 0 fully saturated rings. The fourth-order valence-corrected chi connectivity index (χ4v) is 2.09. The SMILES string of the molecule is C=CC(=O)COc1ccc(C#Cc2ccc(/C=C/C(=O)OCOC(=O)C=C)cc2)cc1. The summed E-state index contributed by atoms with van der Waals surface area (Å²) >= 11 is 0. The molecule has 0 aliphatic carbocycles. The zero-order valence-corrected chi connectivity index (χ0v) is 16.7. The van der Waals surface area contributed by atoms with Crippen LogP contribution in [0.2, 0.25) is 0 Å². The molecule has 0 aliphatic rings. The predicted molar refractivity (Wildman–Crippen MR) is 116 cm³/mol. The van der Waals surface area contributed by atoms with Crippen LogP contribution in [0.1, 0.15) is 16.7 Å². The molecule has 0 aromatic heterocycles. The van der Waals surface area contributed by atoms with E-state index in [1.54, 1.807) is 42.5 Å². The Morgan fingerprint density at radius 3 is 1.97 bits per heavy atom. The van der Waals surface area contributed by atoms with Crippen molar-refractivity contribution in [2.45, 2.75) is 0 Å². The minimum atomic E-state index is -0.669. The average molecular weight is 416 g/mol. The summed E-state index contributed by atoms with van der Waals surface area (Å²) in [5.41, 5.74) is 2.38. The summed E-state index contributed by atoms with van der Waals surface area (Å²) in [6.07, 6.45) is 5.00. The minimum Gasteiger partial charge on any atom is -0.485 e. The van der Waals surface area contributed by atoms with Gasteiger partial charge in [0.2, 0.25) is 6.79 Å². The Kier molecular flexibility index (Phi) is 9.05. The summed E-state index contributed by atoms with van der Waals surface area (Å²) < 4.78 is 14.6. The van der Waals surface area contributed by atoms with Gasteiger partial charge in [-0.3, -0.25) is 4.79 Å². The molecule has 2 aromatic carbocycles. The number of ether oxygens (including phenoxy) is 3. The second-order valence-electron chi connectivity index (χ2n) is 5.94. The molecule has 0 radical (unpaired) electrons. The molecule has 0 spiro atoms. The smallest absolute Gasteiger partial charge is 0.333 e. The quantitative estimate of drug-likeness (QED) is 0.270. The number of esters is 2. The van der Waals surface area contributed by atoms with Crippen molar-refractivity contribution in [3.8, 4) is 17.6 Å². The summed E-state index contributed by atoms with van der Waals surface area (Å²) in [5, 5.41) is 0. The number of rotatable bonds is 9. The number of ketones is 1. The first-order chi connectivity index (χ1) is 15.0. The van der Waals surface area contributed by atoms with Gasteiger partial charge in [0.1, 0.15) is 5.75 Å². The van der Waals surface area contributed by atoms with Gasteiger partial charge >= 0.3 is 11.9 Å². The molecular formula is C25H20O6. The van der Waals surface area contributed by atoms with E-state index in [0.29, 0.717) is 5.75 Å². The van der Waals surface area contributed by atoms with Crippen LogP contribution in [-0.2, 0) is 23.9 Å². The minimum absolute atomic E-state index is 0.0458. The molecule has 2 rings (SSSR count). The van der Waals surface area contributed by atoms with Crippen molar-refractivity contribution >= 4 is 23.8 Å². The van der Waals surface area contributed by atoms with Gasteiger partial charge in [0.05, 0.1) is 0 Å². The molecule has 0 saturated heterocycles. The fraction of sp³-hybridized carbons (Fsp3) is 0.0800. The van der Waals surface area contributed by atoms with Crippen molar-refractivity contribution in [3.63, 3.8) is 0 Å². The van der Waals surface area contributed by atoms with Crippen molar-refractivity contribution in [2.24, 2.45) is 0 Å². The molecule has 0 atom stereocenters. The highest BCUT2D eigenvalue weighted by atomic mass is 16.7. The van der Waals surface area contributed by atoms with Crippen LogP contribution >= 0.6 is 0 Å². The second-order valence-corrected chi connectivity index (χ2v) is 5.94. The molecule has 6 nitrogen and oxygen atoms in total. The van der Waals surface area contributed by atoms with Gasteiger partial charge in [0.25, 0.3) is 0 Å². The lowest BCUT2D eigenvalue weighted by atomic mass is 10.1. The van der Waals surface area contributed by atoms with Crippen LogP contribution < -0.4 is 4.74 Å². The van der Waals surface area contributed by atoms with E-state index in [4.69, 9.17) is 9.47 Å². The van der Waals surface area contributed by atoms with Gasteiger partial charge in [0.15, 0.2) is 12.4 Å². The van der Waals surface area contributed by atoms with Crippen LogP contribution in [0.5, 0.6) is 5.75 Å². The number of hydrogen-bond acceptors (Lipinski definition) is 6. The van der Waals surface area contributed by atoms with E-state index in [1.165, 1.54) is 12.2 Å². The lowest BCUT2D eigenvalue weighted by Gasteiger charge is -2.03. The molecule has 31 heavy (non-hydrogen) atoms. The van der Waals surface area contributed by atoms with Gasteiger partial charge in [-0.1, -0.05) is 37.1 Å². The zero-order chi connectivity index (χ0) is 22.5. The molecule has 0 unspecified atom stereocenters. The lowest BCUT2D eigenvalue weighted by Crippen LogP contribution is -2.09. The second kappa shape index (κ2) is 12.2. The maximum Gasteiger partial charge on any atom is 0.333 e. The number of carbonyl (C=O) groups is 3. The Morgan fingerprint density at radius 2 is 1.39 bits per heavy atom. The normalized spacial score (nSPS) is 9.81. The van der Waals surface area contributed by atoms with Crippen LogP contribution in [0.25, 0.3) is 6.08 Å². The third-order valence-electron chi connectivity index (χ3n) is 3.71. The Labute approximate surface area is 180 Å². The van der Waals surface area contributed by atoms with E-state index in [1.807, 2.05) is 12.1 Å². The van der Waals surface area contributed by atoms with Gasteiger partial charge in [-0.2, -0.15) is 0 Å². The average Bonchev–Trinajstić information content (AvgIpc) is 2.81. The Morgan fingerprint density at radius 1 is 0.806 bits per heavy atom. The summed E-state index contributed by atoms with van der Waals surface area (Å²) in [6.45, 7) is 6.11.